The van der Waals surface area contributed by atoms with Gasteiger partial charge in [0.05, 0.1) is 12.1 Å². The van der Waals surface area contributed by atoms with E-state index >= 15 is 0 Å². The summed E-state index contributed by atoms with van der Waals surface area (Å²) in [6, 6.07) is 7.90. The predicted octanol–water partition coefficient (Wildman–Crippen LogP) is 1.96. The van der Waals surface area contributed by atoms with Crippen LogP contribution >= 0.6 is 0 Å². The van der Waals surface area contributed by atoms with Crippen LogP contribution in [-0.2, 0) is 6.54 Å². The topological polar surface area (TPSA) is 66.5 Å². The van der Waals surface area contributed by atoms with Crippen LogP contribution in [0.4, 0.5) is 5.95 Å². The number of nitrogens with one attached hydrogen (secondary N) is 2. The fourth-order valence-electron chi connectivity index (χ4n) is 1.61. The lowest BCUT2D eigenvalue weighted by atomic mass is 10.2. The summed E-state index contributed by atoms with van der Waals surface area (Å²) in [5, 5.41) is 4.16. The third kappa shape index (κ3) is 2.08. The molecule has 0 unspecified atom stereocenters. The average Bonchev–Trinajstić information content (AvgIpc) is 2.89. The molecule has 0 aliphatic carbocycles. The molecule has 0 atom stereocenters. The number of hydrogen-bond acceptors (Lipinski definition) is 4. The molecule has 17 heavy (non-hydrogen) atoms. The molecule has 2 aromatic heterocycles. The molecule has 5 nitrogen and oxygen atoms in total. The lowest BCUT2D eigenvalue weighted by Gasteiger charge is -2.03. The van der Waals surface area contributed by atoms with Gasteiger partial charge in [-0.2, -0.15) is 0 Å². The zero-order chi connectivity index (χ0) is 11.5. The average molecular weight is 225 g/mol. The van der Waals surface area contributed by atoms with E-state index in [2.05, 4.69) is 25.3 Å². The molecule has 0 spiro atoms. The van der Waals surface area contributed by atoms with Crippen molar-refractivity contribution >= 4 is 16.9 Å². The van der Waals surface area contributed by atoms with E-state index in [1.54, 1.807) is 12.4 Å². The minimum absolute atomic E-state index is 0.589. The van der Waals surface area contributed by atoms with E-state index in [4.69, 9.17) is 0 Å². The Kier molecular flexibility index (Phi) is 2.42. The minimum atomic E-state index is 0.589. The van der Waals surface area contributed by atoms with Crippen molar-refractivity contribution in [1.29, 1.82) is 0 Å². The summed E-state index contributed by atoms with van der Waals surface area (Å²) in [5.74, 6) is 1.47. The van der Waals surface area contributed by atoms with Gasteiger partial charge in [-0.1, -0.05) is 18.2 Å². The number of rotatable bonds is 3. The van der Waals surface area contributed by atoms with Crippen molar-refractivity contribution in [2.45, 2.75) is 6.54 Å². The molecule has 2 N–H and O–H groups in total. The second-order valence-electron chi connectivity index (χ2n) is 3.64. The normalized spacial score (nSPS) is 10.6. The number of aromatic nitrogens is 4. The summed E-state index contributed by atoms with van der Waals surface area (Å²) >= 11 is 0. The predicted molar refractivity (Wildman–Crippen MR) is 65.5 cm³/mol. The van der Waals surface area contributed by atoms with Crippen molar-refractivity contribution in [3.05, 3.63) is 48.7 Å². The van der Waals surface area contributed by atoms with Crippen molar-refractivity contribution in [2.75, 3.05) is 5.32 Å². The van der Waals surface area contributed by atoms with Gasteiger partial charge in [0.25, 0.3) is 0 Å². The zero-order valence-corrected chi connectivity index (χ0v) is 9.09. The number of H-pyrrole nitrogens is 1. The molecule has 0 saturated carbocycles. The van der Waals surface area contributed by atoms with Crippen molar-refractivity contribution in [1.82, 2.24) is 19.9 Å². The fraction of sp³-hybridized carbons (Fsp3) is 0.0833. The van der Waals surface area contributed by atoms with E-state index in [0.717, 1.165) is 16.7 Å². The van der Waals surface area contributed by atoms with Gasteiger partial charge < -0.3 is 10.3 Å². The van der Waals surface area contributed by atoms with Gasteiger partial charge in [-0.3, -0.25) is 0 Å². The van der Waals surface area contributed by atoms with Gasteiger partial charge in [0.15, 0.2) is 0 Å². The number of para-hydroxylation sites is 1. The monoisotopic (exact) mass is 225 g/mol. The second kappa shape index (κ2) is 4.21. The van der Waals surface area contributed by atoms with Crippen LogP contribution in [0.15, 0.2) is 42.9 Å². The van der Waals surface area contributed by atoms with E-state index in [-0.39, 0.29) is 0 Å². The lowest BCUT2D eigenvalue weighted by molar-refractivity contribution is 0.974. The van der Waals surface area contributed by atoms with Gasteiger partial charge in [0.1, 0.15) is 5.82 Å². The number of nitrogens with zero attached hydrogens (tertiary/aromatic N) is 3. The molecule has 0 bridgehead atoms. The summed E-state index contributed by atoms with van der Waals surface area (Å²) in [5.41, 5.74) is 0.935. The first kappa shape index (κ1) is 9.77. The Morgan fingerprint density at radius 2 is 2.12 bits per heavy atom. The van der Waals surface area contributed by atoms with Gasteiger partial charge >= 0.3 is 0 Å². The molecule has 0 saturated heterocycles. The number of fused-ring (bicyclic) bond motifs is 1. The maximum atomic E-state index is 4.41. The van der Waals surface area contributed by atoms with Gasteiger partial charge in [-0.15, -0.1) is 0 Å². The molecule has 3 rings (SSSR count). The van der Waals surface area contributed by atoms with Crippen LogP contribution in [-0.4, -0.2) is 19.9 Å². The highest BCUT2D eigenvalue weighted by Gasteiger charge is 1.99. The number of hydrogen-bond donors (Lipinski definition) is 2. The number of anilines is 1. The molecule has 0 radical (unpaired) electrons. The molecule has 0 aliphatic rings. The number of imidazole rings is 1. The molecule has 5 heteroatoms. The largest absolute Gasteiger partial charge is 0.347 e. The highest BCUT2D eigenvalue weighted by Crippen LogP contribution is 2.11. The number of benzene rings is 1. The molecule has 2 heterocycles. The van der Waals surface area contributed by atoms with Crippen LogP contribution in [0.5, 0.6) is 0 Å². The third-order valence-corrected chi connectivity index (χ3v) is 2.46. The first-order valence-corrected chi connectivity index (χ1v) is 5.36. The van der Waals surface area contributed by atoms with Crippen LogP contribution in [0.1, 0.15) is 5.82 Å². The smallest absolute Gasteiger partial charge is 0.223 e. The summed E-state index contributed by atoms with van der Waals surface area (Å²) < 4.78 is 0. The van der Waals surface area contributed by atoms with E-state index in [9.17, 15) is 0 Å². The highest BCUT2D eigenvalue weighted by atomic mass is 15.1. The summed E-state index contributed by atoms with van der Waals surface area (Å²) in [7, 11) is 0. The van der Waals surface area contributed by atoms with Gasteiger partial charge in [0, 0.05) is 24.0 Å². The third-order valence-electron chi connectivity index (χ3n) is 2.46. The molecule has 0 fully saturated rings. The van der Waals surface area contributed by atoms with Gasteiger partial charge in [-0.05, 0) is 6.07 Å². The van der Waals surface area contributed by atoms with Gasteiger partial charge in [-0.25, -0.2) is 15.0 Å². The van der Waals surface area contributed by atoms with E-state index < -0.39 is 0 Å². The van der Waals surface area contributed by atoms with E-state index in [0.29, 0.717) is 12.5 Å². The maximum Gasteiger partial charge on any atom is 0.223 e. The SMILES string of the molecule is c1ccc2nc(NCc3ncc[nH]3)ncc2c1. The van der Waals surface area contributed by atoms with Crippen LogP contribution < -0.4 is 5.32 Å². The van der Waals surface area contributed by atoms with Gasteiger partial charge in [0.2, 0.25) is 5.95 Å². The van der Waals surface area contributed by atoms with Crippen molar-refractivity contribution < 1.29 is 0 Å². The first-order valence-electron chi connectivity index (χ1n) is 5.36. The standard InChI is InChI=1S/C12H11N5/c1-2-4-10-9(3-1)7-15-12(17-10)16-8-11-13-5-6-14-11/h1-7H,8H2,(H,13,14)(H,15,16,17). The fourth-order valence-corrected chi connectivity index (χ4v) is 1.61. The second-order valence-corrected chi connectivity index (χ2v) is 3.64. The molecule has 0 aliphatic heterocycles. The quantitative estimate of drug-likeness (QED) is 0.715. The van der Waals surface area contributed by atoms with E-state index in [1.807, 2.05) is 30.5 Å². The molecule has 84 valence electrons. The Hall–Kier alpha value is -2.43. The number of aromatic amines is 1. The van der Waals surface area contributed by atoms with Crippen LogP contribution in [0.2, 0.25) is 0 Å². The molecule has 0 amide bonds. The van der Waals surface area contributed by atoms with Crippen molar-refractivity contribution in [3.63, 3.8) is 0 Å². The Labute approximate surface area is 98.0 Å². The molecule has 1 aromatic carbocycles. The van der Waals surface area contributed by atoms with Crippen molar-refractivity contribution in [3.8, 4) is 0 Å². The minimum Gasteiger partial charge on any atom is -0.347 e. The summed E-state index contributed by atoms with van der Waals surface area (Å²) in [4.78, 5) is 15.8. The zero-order valence-electron chi connectivity index (χ0n) is 9.09. The van der Waals surface area contributed by atoms with Crippen molar-refractivity contribution in [2.24, 2.45) is 0 Å². The Bertz CT molecular complexity index is 618. The Morgan fingerprint density at radius 3 is 3.00 bits per heavy atom. The molecule has 3 aromatic rings. The van der Waals surface area contributed by atoms with Crippen LogP contribution in [0.3, 0.4) is 0 Å². The van der Waals surface area contributed by atoms with E-state index in [1.165, 1.54) is 0 Å². The Morgan fingerprint density at radius 1 is 1.18 bits per heavy atom. The molecular weight excluding hydrogens is 214 g/mol. The Balaban J connectivity index is 1.81. The lowest BCUT2D eigenvalue weighted by Crippen LogP contribution is -2.04. The van der Waals surface area contributed by atoms with Crippen LogP contribution in [0, 0.1) is 0 Å². The summed E-state index contributed by atoms with van der Waals surface area (Å²) in [6.07, 6.45) is 5.32. The maximum absolute atomic E-state index is 4.41. The summed E-state index contributed by atoms with van der Waals surface area (Å²) in [6.45, 7) is 0.589. The first-order chi connectivity index (χ1) is 8.42. The molecular formula is C12H11N5. The highest BCUT2D eigenvalue weighted by molar-refractivity contribution is 5.78. The van der Waals surface area contributed by atoms with Crippen LogP contribution in [0.25, 0.3) is 10.9 Å².